The normalized spacial score (nSPS) is 10.8. The van der Waals surface area contributed by atoms with Crippen LogP contribution in [0, 0.1) is 0 Å². The van der Waals surface area contributed by atoms with E-state index in [1.54, 1.807) is 0 Å². The molecule has 0 bridgehead atoms. The standard InChI is InChI=1S/C18H32N/c1-3-5-7-8-9-10-11-15-19-16-12-14-18(17-19)13-6-4-2/h12,14,16-17H,3-11,13,15H2,1-2H3/q+1. The van der Waals surface area contributed by atoms with Gasteiger partial charge < -0.3 is 0 Å². The summed E-state index contributed by atoms with van der Waals surface area (Å²) >= 11 is 0. The van der Waals surface area contributed by atoms with Crippen molar-refractivity contribution in [3.05, 3.63) is 30.1 Å². The zero-order valence-corrected chi connectivity index (χ0v) is 13.0. The van der Waals surface area contributed by atoms with E-state index < -0.39 is 0 Å². The summed E-state index contributed by atoms with van der Waals surface area (Å²) in [4.78, 5) is 0. The van der Waals surface area contributed by atoms with Gasteiger partial charge in [0, 0.05) is 18.1 Å². The van der Waals surface area contributed by atoms with Gasteiger partial charge in [0.2, 0.25) is 0 Å². The van der Waals surface area contributed by atoms with Gasteiger partial charge in [0.25, 0.3) is 0 Å². The van der Waals surface area contributed by atoms with Crippen molar-refractivity contribution in [2.45, 2.75) is 84.6 Å². The Hall–Kier alpha value is -0.850. The van der Waals surface area contributed by atoms with Crippen LogP contribution < -0.4 is 4.57 Å². The topological polar surface area (TPSA) is 3.88 Å². The smallest absolute Gasteiger partial charge is 0.171 e. The first-order chi connectivity index (χ1) is 9.36. The first kappa shape index (κ1) is 16.2. The molecule has 0 N–H and O–H groups in total. The van der Waals surface area contributed by atoms with Crippen LogP contribution >= 0.6 is 0 Å². The Morgan fingerprint density at radius 2 is 1.53 bits per heavy atom. The summed E-state index contributed by atoms with van der Waals surface area (Å²) in [6.45, 7) is 5.73. The van der Waals surface area contributed by atoms with E-state index in [4.69, 9.17) is 0 Å². The van der Waals surface area contributed by atoms with E-state index in [1.165, 1.54) is 76.3 Å². The lowest BCUT2D eigenvalue weighted by atomic mass is 10.1. The quantitative estimate of drug-likeness (QED) is 0.387. The van der Waals surface area contributed by atoms with E-state index in [2.05, 4.69) is 42.9 Å². The van der Waals surface area contributed by atoms with Crippen LogP contribution in [0.3, 0.4) is 0 Å². The minimum atomic E-state index is 1.19. The molecule has 1 aromatic heterocycles. The number of aromatic nitrogens is 1. The molecule has 0 aliphatic heterocycles. The van der Waals surface area contributed by atoms with E-state index in [9.17, 15) is 0 Å². The third kappa shape index (κ3) is 8.02. The minimum Gasteiger partial charge on any atom is -0.205 e. The van der Waals surface area contributed by atoms with Gasteiger partial charge >= 0.3 is 0 Å². The lowest BCUT2D eigenvalue weighted by Gasteiger charge is -2.01. The number of unbranched alkanes of at least 4 members (excludes halogenated alkanes) is 7. The van der Waals surface area contributed by atoms with Crippen LogP contribution in [0.5, 0.6) is 0 Å². The van der Waals surface area contributed by atoms with Gasteiger partial charge in [-0.05, 0) is 25.3 Å². The molecule has 0 atom stereocenters. The zero-order valence-electron chi connectivity index (χ0n) is 13.0. The van der Waals surface area contributed by atoms with Gasteiger partial charge in [-0.15, -0.1) is 0 Å². The van der Waals surface area contributed by atoms with Gasteiger partial charge in [-0.3, -0.25) is 0 Å². The number of aryl methyl sites for hydroxylation is 2. The predicted octanol–water partition coefficient (Wildman–Crippen LogP) is 5.07. The summed E-state index contributed by atoms with van der Waals surface area (Å²) in [5.41, 5.74) is 1.49. The van der Waals surface area contributed by atoms with Crippen LogP contribution in [-0.4, -0.2) is 0 Å². The summed E-state index contributed by atoms with van der Waals surface area (Å²) in [6.07, 6.45) is 18.1. The summed E-state index contributed by atoms with van der Waals surface area (Å²) in [7, 11) is 0. The van der Waals surface area contributed by atoms with E-state index in [0.717, 1.165) is 0 Å². The second kappa shape index (κ2) is 11.0. The Labute approximate surface area is 120 Å². The second-order valence-corrected chi connectivity index (χ2v) is 5.67. The maximum absolute atomic E-state index is 2.37. The van der Waals surface area contributed by atoms with Crippen molar-refractivity contribution < 1.29 is 4.57 Å². The highest BCUT2D eigenvalue weighted by atomic mass is 14.9. The Bertz CT molecular complexity index is 319. The van der Waals surface area contributed by atoms with Crippen LogP contribution in [0.4, 0.5) is 0 Å². The molecular formula is C18H32N+. The molecule has 0 amide bonds. The van der Waals surface area contributed by atoms with Gasteiger partial charge in [-0.1, -0.05) is 52.4 Å². The monoisotopic (exact) mass is 262 g/mol. The molecule has 0 aliphatic carbocycles. The van der Waals surface area contributed by atoms with Crippen LogP contribution in [-0.2, 0) is 13.0 Å². The number of pyridine rings is 1. The summed E-state index contributed by atoms with van der Waals surface area (Å²) in [5, 5.41) is 0. The van der Waals surface area contributed by atoms with Gasteiger partial charge in [-0.2, -0.15) is 0 Å². The molecule has 1 heterocycles. The molecule has 0 fully saturated rings. The van der Waals surface area contributed by atoms with Gasteiger partial charge in [-0.25, -0.2) is 4.57 Å². The third-order valence-corrected chi connectivity index (χ3v) is 3.76. The van der Waals surface area contributed by atoms with Gasteiger partial charge in [0.15, 0.2) is 12.4 Å². The zero-order chi connectivity index (χ0) is 13.8. The van der Waals surface area contributed by atoms with Crippen molar-refractivity contribution in [2.24, 2.45) is 0 Å². The maximum atomic E-state index is 2.37. The molecule has 0 saturated heterocycles. The van der Waals surface area contributed by atoms with Gasteiger partial charge in [0.05, 0.1) is 0 Å². The molecule has 1 nitrogen and oxygen atoms in total. The van der Waals surface area contributed by atoms with Crippen LogP contribution in [0.2, 0.25) is 0 Å². The van der Waals surface area contributed by atoms with Crippen LogP contribution in [0.15, 0.2) is 24.5 Å². The Balaban J connectivity index is 2.14. The average Bonchev–Trinajstić information content (AvgIpc) is 2.44. The highest BCUT2D eigenvalue weighted by Gasteiger charge is 2.02. The maximum Gasteiger partial charge on any atom is 0.171 e. The van der Waals surface area contributed by atoms with E-state index in [-0.39, 0.29) is 0 Å². The molecule has 1 aromatic rings. The second-order valence-electron chi connectivity index (χ2n) is 5.67. The molecule has 0 unspecified atom stereocenters. The van der Waals surface area contributed by atoms with Crippen molar-refractivity contribution in [3.63, 3.8) is 0 Å². The largest absolute Gasteiger partial charge is 0.205 e. The van der Waals surface area contributed by atoms with E-state index in [0.29, 0.717) is 0 Å². The van der Waals surface area contributed by atoms with E-state index >= 15 is 0 Å². The Kier molecular flexibility index (Phi) is 9.40. The predicted molar refractivity (Wildman–Crippen MR) is 83.2 cm³/mol. The summed E-state index contributed by atoms with van der Waals surface area (Å²) in [5.74, 6) is 0. The number of hydrogen-bond acceptors (Lipinski definition) is 0. The molecule has 1 rings (SSSR count). The lowest BCUT2D eigenvalue weighted by molar-refractivity contribution is -0.697. The lowest BCUT2D eigenvalue weighted by Crippen LogP contribution is -2.33. The first-order valence-corrected chi connectivity index (χ1v) is 8.34. The SMILES string of the molecule is CCCCCCCCC[n+]1cccc(CCCC)c1. The van der Waals surface area contributed by atoms with E-state index in [1.807, 2.05) is 0 Å². The van der Waals surface area contributed by atoms with Gasteiger partial charge in [0.1, 0.15) is 6.54 Å². The molecule has 0 aliphatic rings. The summed E-state index contributed by atoms with van der Waals surface area (Å²) in [6, 6.07) is 4.46. The average molecular weight is 262 g/mol. The first-order valence-electron chi connectivity index (χ1n) is 8.34. The molecule has 0 saturated carbocycles. The summed E-state index contributed by atoms with van der Waals surface area (Å²) < 4.78 is 2.37. The molecule has 1 heteroatoms. The highest BCUT2D eigenvalue weighted by Crippen LogP contribution is 2.07. The van der Waals surface area contributed by atoms with Crippen molar-refractivity contribution >= 4 is 0 Å². The highest BCUT2D eigenvalue weighted by molar-refractivity contribution is 5.05. The minimum absolute atomic E-state index is 1.19. The van der Waals surface area contributed by atoms with Crippen molar-refractivity contribution in [1.82, 2.24) is 0 Å². The number of hydrogen-bond donors (Lipinski definition) is 0. The Morgan fingerprint density at radius 1 is 0.842 bits per heavy atom. The molecule has 0 radical (unpaired) electrons. The molecule has 0 spiro atoms. The van der Waals surface area contributed by atoms with Crippen molar-refractivity contribution in [1.29, 1.82) is 0 Å². The van der Waals surface area contributed by atoms with Crippen molar-refractivity contribution in [3.8, 4) is 0 Å². The molecule has 108 valence electrons. The van der Waals surface area contributed by atoms with Crippen LogP contribution in [0.25, 0.3) is 0 Å². The van der Waals surface area contributed by atoms with Crippen LogP contribution in [0.1, 0.15) is 77.2 Å². The fourth-order valence-electron chi connectivity index (χ4n) is 2.50. The molecular weight excluding hydrogens is 230 g/mol. The Morgan fingerprint density at radius 3 is 2.26 bits per heavy atom. The fraction of sp³-hybridized carbons (Fsp3) is 0.722. The number of nitrogens with zero attached hydrogens (tertiary/aromatic N) is 1. The molecule has 19 heavy (non-hydrogen) atoms. The third-order valence-electron chi connectivity index (χ3n) is 3.76. The van der Waals surface area contributed by atoms with Crippen molar-refractivity contribution in [2.75, 3.05) is 0 Å². The fourth-order valence-corrected chi connectivity index (χ4v) is 2.50. The number of rotatable bonds is 11. The molecule has 0 aromatic carbocycles.